The van der Waals surface area contributed by atoms with E-state index in [0.717, 1.165) is 12.8 Å². The number of unbranched alkanes of at least 4 members (excludes halogenated alkanes) is 3. The fourth-order valence-corrected chi connectivity index (χ4v) is 1.67. The average Bonchev–Trinajstić information content (AvgIpc) is 1.94. The van der Waals surface area contributed by atoms with Crippen LogP contribution in [0.25, 0.3) is 0 Å². The summed E-state index contributed by atoms with van der Waals surface area (Å²) in [5, 5.41) is -3.33. The molecule has 0 aliphatic rings. The molecule has 0 heterocycles. The van der Waals surface area contributed by atoms with Gasteiger partial charge in [-0.05, 0) is 12.8 Å². The second kappa shape index (κ2) is 7.24. The molecule has 0 saturated carbocycles. The number of rotatable bonds is 7. The van der Waals surface area contributed by atoms with Crippen LogP contribution in [0.2, 0.25) is 0 Å². The molecule has 0 aromatic carbocycles. The van der Waals surface area contributed by atoms with E-state index in [-0.39, 0.29) is 13.3 Å². The lowest BCUT2D eigenvalue weighted by molar-refractivity contribution is 0.270. The Hall–Kier alpha value is 0.810. The number of alkyl halides is 1. The SMILES string of the molecule is O=P(O)(I)OCCCCCCF. The molecule has 0 fully saturated rings. The summed E-state index contributed by atoms with van der Waals surface area (Å²) in [6.45, 7) is -0.00532. The largest absolute Gasteiger partial charge is 0.386 e. The lowest BCUT2D eigenvalue weighted by Gasteiger charge is -2.03. The highest BCUT2D eigenvalue weighted by atomic mass is 127. The van der Waals surface area contributed by atoms with E-state index in [1.165, 1.54) is 22.0 Å². The summed E-state index contributed by atoms with van der Waals surface area (Å²) in [6, 6.07) is 0. The van der Waals surface area contributed by atoms with Crippen molar-refractivity contribution in [2.24, 2.45) is 0 Å². The molecule has 0 amide bonds. The Labute approximate surface area is 84.7 Å². The summed E-state index contributed by atoms with van der Waals surface area (Å²) in [5.41, 5.74) is 0. The van der Waals surface area contributed by atoms with E-state index < -0.39 is 5.24 Å². The molecular formula is C6H13FIO3P. The highest BCUT2D eigenvalue weighted by Crippen LogP contribution is 2.51. The summed E-state index contributed by atoms with van der Waals surface area (Å²) >= 11 is 1.37. The van der Waals surface area contributed by atoms with E-state index in [2.05, 4.69) is 4.52 Å². The molecular weight excluding hydrogens is 297 g/mol. The highest BCUT2D eigenvalue weighted by Gasteiger charge is 2.11. The predicted octanol–water partition coefficient (Wildman–Crippen LogP) is 3.07. The Morgan fingerprint density at radius 2 is 1.92 bits per heavy atom. The van der Waals surface area contributed by atoms with Crippen LogP contribution in [0.3, 0.4) is 0 Å². The first-order valence-electron chi connectivity index (χ1n) is 3.79. The van der Waals surface area contributed by atoms with Gasteiger partial charge < -0.3 is 9.42 Å². The van der Waals surface area contributed by atoms with Crippen molar-refractivity contribution in [3.63, 3.8) is 0 Å². The van der Waals surface area contributed by atoms with E-state index in [4.69, 9.17) is 4.89 Å². The molecule has 6 heteroatoms. The predicted molar refractivity (Wildman–Crippen MR) is 54.2 cm³/mol. The topological polar surface area (TPSA) is 46.5 Å². The van der Waals surface area contributed by atoms with Crippen molar-refractivity contribution in [3.8, 4) is 0 Å². The molecule has 12 heavy (non-hydrogen) atoms. The van der Waals surface area contributed by atoms with Gasteiger partial charge in [-0.15, -0.1) is 0 Å². The molecule has 0 aromatic rings. The van der Waals surface area contributed by atoms with Gasteiger partial charge in [0.25, 0.3) is 0 Å². The minimum atomic E-state index is -3.33. The van der Waals surface area contributed by atoms with E-state index >= 15 is 0 Å². The van der Waals surface area contributed by atoms with Gasteiger partial charge in [0.05, 0.1) is 35.3 Å². The van der Waals surface area contributed by atoms with Gasteiger partial charge in [-0.1, -0.05) is 12.8 Å². The Morgan fingerprint density at radius 1 is 1.33 bits per heavy atom. The van der Waals surface area contributed by atoms with Crippen LogP contribution in [-0.2, 0) is 9.09 Å². The number of halogens is 2. The van der Waals surface area contributed by atoms with Gasteiger partial charge in [0.2, 0.25) is 0 Å². The zero-order chi connectivity index (χ0) is 9.45. The van der Waals surface area contributed by atoms with Gasteiger partial charge >= 0.3 is 5.24 Å². The molecule has 0 aliphatic heterocycles. The Morgan fingerprint density at radius 3 is 2.42 bits per heavy atom. The molecule has 1 unspecified atom stereocenters. The van der Waals surface area contributed by atoms with Crippen molar-refractivity contribution in [3.05, 3.63) is 0 Å². The maximum atomic E-state index is 11.6. The zero-order valence-corrected chi connectivity index (χ0v) is 9.76. The van der Waals surface area contributed by atoms with Crippen LogP contribution in [0.1, 0.15) is 25.7 Å². The van der Waals surface area contributed by atoms with Crippen LogP contribution in [-0.4, -0.2) is 18.2 Å². The van der Waals surface area contributed by atoms with Gasteiger partial charge in [0.15, 0.2) is 0 Å². The Balaban J connectivity index is 3.06. The van der Waals surface area contributed by atoms with Gasteiger partial charge in [0, 0.05) is 0 Å². The number of hydrogen-bond acceptors (Lipinski definition) is 2. The minimum absolute atomic E-state index is 0.281. The van der Waals surface area contributed by atoms with E-state index in [1.807, 2.05) is 0 Å². The van der Waals surface area contributed by atoms with Crippen molar-refractivity contribution in [1.82, 2.24) is 0 Å². The molecule has 1 N–H and O–H groups in total. The van der Waals surface area contributed by atoms with Gasteiger partial charge in [0.1, 0.15) is 0 Å². The van der Waals surface area contributed by atoms with Crippen LogP contribution in [0, 0.1) is 0 Å². The summed E-state index contributed by atoms with van der Waals surface area (Å²) in [6.07, 6.45) is 2.95. The van der Waals surface area contributed by atoms with Gasteiger partial charge in [-0.2, -0.15) is 0 Å². The normalized spacial score (nSPS) is 15.9. The van der Waals surface area contributed by atoms with Gasteiger partial charge in [-0.3, -0.25) is 4.39 Å². The fraction of sp³-hybridized carbons (Fsp3) is 1.00. The third kappa shape index (κ3) is 10.8. The standard InChI is InChI=1S/C6H13FIO3P/c7-5-3-1-2-4-6-11-12(8,9)10/h1-6H2,(H,9,10). The maximum Gasteiger partial charge on any atom is 0.386 e. The third-order valence-corrected chi connectivity index (χ3v) is 2.62. The molecule has 0 aliphatic carbocycles. The van der Waals surface area contributed by atoms with Crippen molar-refractivity contribution < 1.29 is 18.4 Å². The first-order valence-corrected chi connectivity index (χ1v) is 8.15. The van der Waals surface area contributed by atoms with Crippen molar-refractivity contribution >= 4 is 27.3 Å². The maximum absolute atomic E-state index is 11.6. The smallest absolute Gasteiger partial charge is 0.317 e. The zero-order valence-electron chi connectivity index (χ0n) is 6.71. The molecule has 0 saturated heterocycles. The van der Waals surface area contributed by atoms with Crippen molar-refractivity contribution in [1.29, 1.82) is 0 Å². The molecule has 0 radical (unpaired) electrons. The Kier molecular flexibility index (Phi) is 7.72. The Bertz CT molecular complexity index is 150. The summed E-state index contributed by atoms with van der Waals surface area (Å²) < 4.78 is 26.8. The average molecular weight is 310 g/mol. The van der Waals surface area contributed by atoms with E-state index in [0.29, 0.717) is 12.8 Å². The summed E-state index contributed by atoms with van der Waals surface area (Å²) in [5.74, 6) is 0. The van der Waals surface area contributed by atoms with Crippen LogP contribution < -0.4 is 0 Å². The molecule has 74 valence electrons. The first-order chi connectivity index (χ1) is 5.56. The van der Waals surface area contributed by atoms with Crippen LogP contribution in [0.4, 0.5) is 4.39 Å². The lowest BCUT2D eigenvalue weighted by Crippen LogP contribution is -1.89. The molecule has 1 atom stereocenters. The van der Waals surface area contributed by atoms with Crippen LogP contribution in [0.5, 0.6) is 0 Å². The quantitative estimate of drug-likeness (QED) is 0.446. The monoisotopic (exact) mass is 310 g/mol. The van der Waals surface area contributed by atoms with E-state index in [9.17, 15) is 8.96 Å². The minimum Gasteiger partial charge on any atom is -0.317 e. The lowest BCUT2D eigenvalue weighted by atomic mass is 10.2. The molecule has 0 rings (SSSR count). The third-order valence-electron chi connectivity index (χ3n) is 1.28. The second-order valence-corrected chi connectivity index (χ2v) is 7.21. The first kappa shape index (κ1) is 12.8. The van der Waals surface area contributed by atoms with Crippen LogP contribution in [0.15, 0.2) is 0 Å². The second-order valence-electron chi connectivity index (χ2n) is 2.39. The summed E-state index contributed by atoms with van der Waals surface area (Å²) in [4.78, 5) is 8.68. The van der Waals surface area contributed by atoms with E-state index in [1.54, 1.807) is 0 Å². The molecule has 0 aromatic heterocycles. The highest BCUT2D eigenvalue weighted by molar-refractivity contribution is 14.2. The van der Waals surface area contributed by atoms with Crippen LogP contribution >= 0.6 is 27.3 Å². The van der Waals surface area contributed by atoms with Gasteiger partial charge in [-0.25, -0.2) is 4.57 Å². The fourth-order valence-electron chi connectivity index (χ4n) is 0.727. The molecule has 0 spiro atoms. The molecule has 3 nitrogen and oxygen atoms in total. The van der Waals surface area contributed by atoms with Crippen molar-refractivity contribution in [2.75, 3.05) is 13.3 Å². The molecule has 0 bridgehead atoms. The van der Waals surface area contributed by atoms with Crippen molar-refractivity contribution in [2.45, 2.75) is 25.7 Å². The summed E-state index contributed by atoms with van der Waals surface area (Å²) in [7, 11) is 0. The number of hydrogen-bond donors (Lipinski definition) is 1.